The minimum atomic E-state index is -0.776. The first-order valence-electron chi connectivity index (χ1n) is 3.35. The van der Waals surface area contributed by atoms with E-state index in [1.165, 1.54) is 0 Å². The smallest absolute Gasteiger partial charge is 0.274 e. The number of hydrogen-bond donors (Lipinski definition) is 0. The van der Waals surface area contributed by atoms with Gasteiger partial charge in [-0.15, -0.1) is 0 Å². The Balaban J connectivity index is 2.77. The second kappa shape index (κ2) is 2.51. The van der Waals surface area contributed by atoms with Crippen molar-refractivity contribution in [1.29, 1.82) is 0 Å². The molecule has 0 saturated carbocycles. The van der Waals surface area contributed by atoms with Gasteiger partial charge in [0.15, 0.2) is 17.8 Å². The summed E-state index contributed by atoms with van der Waals surface area (Å²) in [5, 5.41) is 10.3. The fourth-order valence-corrected chi connectivity index (χ4v) is 1.02. The summed E-state index contributed by atoms with van der Waals surface area (Å²) in [7, 11) is 0. The number of hydrogen-bond acceptors (Lipinski definition) is 4. The summed E-state index contributed by atoms with van der Waals surface area (Å²) >= 11 is 0. The van der Waals surface area contributed by atoms with Crippen LogP contribution in [0.5, 0.6) is 0 Å². The summed E-state index contributed by atoms with van der Waals surface area (Å²) < 4.78 is 17.7. The lowest BCUT2D eigenvalue weighted by Gasteiger charge is -1.91. The van der Waals surface area contributed by atoms with Crippen LogP contribution in [0, 0.1) is 15.9 Å². The van der Waals surface area contributed by atoms with Crippen LogP contribution in [-0.2, 0) is 0 Å². The number of aromatic nitrogens is 1. The molecular weight excluding hydrogens is 179 g/mol. The Bertz CT molecular complexity index is 480. The first-order valence-corrected chi connectivity index (χ1v) is 3.35. The monoisotopic (exact) mass is 182 g/mol. The fourth-order valence-electron chi connectivity index (χ4n) is 1.02. The molecule has 0 spiro atoms. The molecule has 0 unspecified atom stereocenters. The van der Waals surface area contributed by atoms with Crippen molar-refractivity contribution in [3.8, 4) is 0 Å². The minimum Gasteiger partial charge on any atom is -0.440 e. The number of oxazole rings is 1. The second-order valence-corrected chi connectivity index (χ2v) is 2.39. The number of nitrogens with zero attached hydrogens (tertiary/aromatic N) is 2. The van der Waals surface area contributed by atoms with Crippen molar-refractivity contribution in [3.63, 3.8) is 0 Å². The molecule has 1 heterocycles. The number of fused-ring (bicyclic) bond motifs is 1. The number of benzene rings is 1. The third-order valence-corrected chi connectivity index (χ3v) is 1.58. The van der Waals surface area contributed by atoms with Gasteiger partial charge in [0.1, 0.15) is 5.52 Å². The molecule has 0 radical (unpaired) electrons. The van der Waals surface area contributed by atoms with Crippen molar-refractivity contribution in [2.45, 2.75) is 0 Å². The molecule has 0 saturated heterocycles. The molecule has 6 heteroatoms. The van der Waals surface area contributed by atoms with Crippen LogP contribution in [0.3, 0.4) is 0 Å². The maximum Gasteiger partial charge on any atom is 0.274 e. The van der Waals surface area contributed by atoms with E-state index in [0.717, 1.165) is 18.5 Å². The molecule has 66 valence electrons. The van der Waals surface area contributed by atoms with E-state index in [9.17, 15) is 14.5 Å². The van der Waals surface area contributed by atoms with Crippen LogP contribution in [0.1, 0.15) is 0 Å². The third-order valence-electron chi connectivity index (χ3n) is 1.58. The quantitative estimate of drug-likeness (QED) is 0.498. The molecule has 2 rings (SSSR count). The highest BCUT2D eigenvalue weighted by atomic mass is 19.1. The summed E-state index contributed by atoms with van der Waals surface area (Å²) in [6, 6.07) is 1.95. The van der Waals surface area contributed by atoms with Gasteiger partial charge >= 0.3 is 0 Å². The van der Waals surface area contributed by atoms with Gasteiger partial charge in [-0.05, 0) is 0 Å². The van der Waals surface area contributed by atoms with Crippen molar-refractivity contribution in [1.82, 2.24) is 4.98 Å². The van der Waals surface area contributed by atoms with E-state index in [2.05, 4.69) is 9.40 Å². The van der Waals surface area contributed by atoms with Gasteiger partial charge in [-0.25, -0.2) is 9.37 Å². The first-order chi connectivity index (χ1) is 6.18. The van der Waals surface area contributed by atoms with E-state index in [-0.39, 0.29) is 16.8 Å². The van der Waals surface area contributed by atoms with Gasteiger partial charge in [0.2, 0.25) is 0 Å². The van der Waals surface area contributed by atoms with Crippen LogP contribution in [0.15, 0.2) is 22.9 Å². The molecule has 1 aromatic carbocycles. The van der Waals surface area contributed by atoms with Gasteiger partial charge < -0.3 is 4.42 Å². The van der Waals surface area contributed by atoms with Crippen LogP contribution in [-0.4, -0.2) is 9.91 Å². The zero-order valence-electron chi connectivity index (χ0n) is 6.23. The summed E-state index contributed by atoms with van der Waals surface area (Å²) in [6.07, 6.45) is 1.04. The number of rotatable bonds is 1. The van der Waals surface area contributed by atoms with Gasteiger partial charge in [-0.3, -0.25) is 10.1 Å². The van der Waals surface area contributed by atoms with Crippen molar-refractivity contribution in [2.75, 3.05) is 0 Å². The van der Waals surface area contributed by atoms with E-state index >= 15 is 0 Å². The number of non-ortho nitro benzene ring substituents is 1. The van der Waals surface area contributed by atoms with Crippen molar-refractivity contribution in [2.24, 2.45) is 0 Å². The Labute approximate surface area is 70.9 Å². The summed E-state index contributed by atoms with van der Waals surface area (Å²) in [6.45, 7) is 0. The highest BCUT2D eigenvalue weighted by molar-refractivity contribution is 5.75. The van der Waals surface area contributed by atoms with Crippen LogP contribution in [0.4, 0.5) is 10.1 Å². The van der Waals surface area contributed by atoms with Gasteiger partial charge in [0, 0.05) is 6.07 Å². The molecule has 13 heavy (non-hydrogen) atoms. The maximum atomic E-state index is 13.0. The fraction of sp³-hybridized carbons (Fsp3) is 0. The minimum absolute atomic E-state index is 0.0643. The summed E-state index contributed by atoms with van der Waals surface area (Å²) in [4.78, 5) is 13.2. The van der Waals surface area contributed by atoms with Crippen molar-refractivity contribution in [3.05, 3.63) is 34.5 Å². The lowest BCUT2D eigenvalue weighted by Crippen LogP contribution is -1.89. The Kier molecular flexibility index (Phi) is 1.48. The summed E-state index contributed by atoms with van der Waals surface area (Å²) in [5.41, 5.74) is -0.254. The van der Waals surface area contributed by atoms with Crippen LogP contribution < -0.4 is 0 Å². The average molecular weight is 182 g/mol. The molecule has 0 N–H and O–H groups in total. The van der Waals surface area contributed by atoms with E-state index < -0.39 is 10.7 Å². The zero-order chi connectivity index (χ0) is 9.42. The molecule has 0 bridgehead atoms. The molecule has 0 fully saturated rings. The highest BCUT2D eigenvalue weighted by Gasteiger charge is 2.13. The predicted molar refractivity (Wildman–Crippen MR) is 40.6 cm³/mol. The average Bonchev–Trinajstić information content (AvgIpc) is 2.51. The van der Waals surface area contributed by atoms with Crippen LogP contribution >= 0.6 is 0 Å². The summed E-state index contributed by atoms with van der Waals surface area (Å²) in [5.74, 6) is -0.776. The lowest BCUT2D eigenvalue weighted by atomic mass is 10.3. The van der Waals surface area contributed by atoms with Gasteiger partial charge in [0.05, 0.1) is 11.0 Å². The molecule has 0 aliphatic carbocycles. The number of nitro benzene ring substituents is 1. The Morgan fingerprint density at radius 3 is 3.00 bits per heavy atom. The van der Waals surface area contributed by atoms with Crippen LogP contribution in [0.25, 0.3) is 11.1 Å². The lowest BCUT2D eigenvalue weighted by molar-refractivity contribution is -0.384. The van der Waals surface area contributed by atoms with E-state index in [1.54, 1.807) is 0 Å². The molecule has 2 aromatic rings. The van der Waals surface area contributed by atoms with Gasteiger partial charge in [-0.2, -0.15) is 0 Å². The van der Waals surface area contributed by atoms with Crippen molar-refractivity contribution < 1.29 is 13.7 Å². The third kappa shape index (κ3) is 1.12. The molecule has 0 aliphatic rings. The highest BCUT2D eigenvalue weighted by Crippen LogP contribution is 2.22. The SMILES string of the molecule is O=[N+]([O-])c1cc(F)c2ocnc2c1. The largest absolute Gasteiger partial charge is 0.440 e. The van der Waals surface area contributed by atoms with Gasteiger partial charge in [-0.1, -0.05) is 0 Å². The Morgan fingerprint density at radius 2 is 2.31 bits per heavy atom. The standard InChI is InChI=1S/C7H3FN2O3/c8-5-1-4(10(11)12)2-6-7(5)13-3-9-6/h1-3H. The topological polar surface area (TPSA) is 69.2 Å². The van der Waals surface area contributed by atoms with Crippen molar-refractivity contribution >= 4 is 16.8 Å². The molecule has 5 nitrogen and oxygen atoms in total. The van der Waals surface area contributed by atoms with E-state index in [0.29, 0.717) is 0 Å². The predicted octanol–water partition coefficient (Wildman–Crippen LogP) is 1.88. The Morgan fingerprint density at radius 1 is 1.54 bits per heavy atom. The normalized spacial score (nSPS) is 10.5. The van der Waals surface area contributed by atoms with E-state index in [4.69, 9.17) is 0 Å². The molecule has 1 aromatic heterocycles. The number of nitro groups is 1. The molecular formula is C7H3FN2O3. The first kappa shape index (κ1) is 7.66. The van der Waals surface area contributed by atoms with E-state index in [1.807, 2.05) is 0 Å². The molecule has 0 atom stereocenters. The zero-order valence-corrected chi connectivity index (χ0v) is 6.23. The van der Waals surface area contributed by atoms with Crippen LogP contribution in [0.2, 0.25) is 0 Å². The second-order valence-electron chi connectivity index (χ2n) is 2.39. The number of halogens is 1. The Hall–Kier alpha value is -1.98. The molecule has 0 aliphatic heterocycles. The maximum absolute atomic E-state index is 13.0. The molecule has 0 amide bonds. The van der Waals surface area contributed by atoms with Gasteiger partial charge in [0.25, 0.3) is 5.69 Å².